The largest absolute Gasteiger partial charge is 0.463 e. The second kappa shape index (κ2) is 5.40. The molecule has 0 aromatic carbocycles. The number of nitrogens with zero attached hydrogens (tertiary/aromatic N) is 3. The molecule has 0 fully saturated rings. The first-order valence-corrected chi connectivity index (χ1v) is 5.45. The fraction of sp³-hybridized carbons (Fsp3) is 0.250. The standard InChI is InChI=1S/C12H8F4N3O/c1-7(12(14,15)16)20-11-9(13)4-8(5-19-11)10-6-17-2-3-18-10/h3-7H,1H3/t7-/m1/s1. The molecule has 0 saturated heterocycles. The average molecular weight is 286 g/mol. The lowest BCUT2D eigenvalue weighted by Crippen LogP contribution is -2.31. The Kier molecular flexibility index (Phi) is 3.82. The molecule has 0 N–H and O–H groups in total. The van der Waals surface area contributed by atoms with E-state index >= 15 is 0 Å². The third kappa shape index (κ3) is 3.19. The normalized spacial score (nSPS) is 13.1. The van der Waals surface area contributed by atoms with Crippen molar-refractivity contribution in [3.63, 3.8) is 0 Å². The Bertz CT molecular complexity index is 589. The van der Waals surface area contributed by atoms with Gasteiger partial charge < -0.3 is 4.74 Å². The van der Waals surface area contributed by atoms with E-state index in [-0.39, 0.29) is 5.56 Å². The number of ether oxygens (including phenoxy) is 1. The van der Waals surface area contributed by atoms with Gasteiger partial charge in [0.25, 0.3) is 5.88 Å². The summed E-state index contributed by atoms with van der Waals surface area (Å²) < 4.78 is 55.1. The molecule has 0 bridgehead atoms. The zero-order valence-corrected chi connectivity index (χ0v) is 10.1. The first-order chi connectivity index (χ1) is 9.38. The molecule has 20 heavy (non-hydrogen) atoms. The van der Waals surface area contributed by atoms with Gasteiger partial charge >= 0.3 is 6.18 Å². The Morgan fingerprint density at radius 3 is 2.55 bits per heavy atom. The average Bonchev–Trinajstić information content (AvgIpc) is 2.41. The van der Waals surface area contributed by atoms with Crippen LogP contribution in [0.4, 0.5) is 17.6 Å². The second-order valence-electron chi connectivity index (χ2n) is 3.84. The molecule has 105 valence electrons. The number of aromatic nitrogens is 3. The topological polar surface area (TPSA) is 47.9 Å². The van der Waals surface area contributed by atoms with Crippen LogP contribution in [-0.2, 0) is 0 Å². The third-order valence-electron chi connectivity index (χ3n) is 2.38. The van der Waals surface area contributed by atoms with Crippen LogP contribution in [0.3, 0.4) is 0 Å². The van der Waals surface area contributed by atoms with Gasteiger partial charge in [0.05, 0.1) is 18.1 Å². The molecule has 0 aliphatic heterocycles. The number of halogens is 4. The van der Waals surface area contributed by atoms with Gasteiger partial charge in [-0.25, -0.2) is 9.37 Å². The van der Waals surface area contributed by atoms with Gasteiger partial charge in [0, 0.05) is 11.8 Å². The first kappa shape index (κ1) is 14.2. The van der Waals surface area contributed by atoms with Gasteiger partial charge in [0.1, 0.15) is 6.20 Å². The summed E-state index contributed by atoms with van der Waals surface area (Å²) in [7, 11) is 0. The van der Waals surface area contributed by atoms with Gasteiger partial charge in [-0.2, -0.15) is 13.2 Å². The van der Waals surface area contributed by atoms with Crippen molar-refractivity contribution in [2.24, 2.45) is 0 Å². The maximum Gasteiger partial charge on any atom is 0.425 e. The minimum Gasteiger partial charge on any atom is -0.463 e. The molecular weight excluding hydrogens is 278 g/mol. The maximum absolute atomic E-state index is 13.7. The molecule has 0 unspecified atom stereocenters. The summed E-state index contributed by atoms with van der Waals surface area (Å²) in [6.45, 7) is 0.771. The highest BCUT2D eigenvalue weighted by Crippen LogP contribution is 2.27. The predicted octanol–water partition coefficient (Wildman–Crippen LogP) is 2.81. The molecule has 0 saturated carbocycles. The molecular formula is C12H8F4N3O. The summed E-state index contributed by atoms with van der Waals surface area (Å²) in [6, 6.07) is 0.982. The van der Waals surface area contributed by atoms with Gasteiger partial charge in [0.2, 0.25) is 0 Å². The Balaban J connectivity index is 2.23. The highest BCUT2D eigenvalue weighted by molar-refractivity contribution is 5.57. The zero-order chi connectivity index (χ0) is 14.8. The highest BCUT2D eigenvalue weighted by Gasteiger charge is 2.38. The molecule has 0 spiro atoms. The Morgan fingerprint density at radius 1 is 1.25 bits per heavy atom. The first-order valence-electron chi connectivity index (χ1n) is 5.45. The minimum atomic E-state index is -4.59. The van der Waals surface area contributed by atoms with Gasteiger partial charge in [0.15, 0.2) is 11.9 Å². The smallest absolute Gasteiger partial charge is 0.425 e. The fourth-order valence-electron chi connectivity index (χ4n) is 1.30. The molecule has 1 radical (unpaired) electrons. The minimum absolute atomic E-state index is 0.274. The second-order valence-corrected chi connectivity index (χ2v) is 3.84. The van der Waals surface area contributed by atoms with Crippen molar-refractivity contribution in [1.29, 1.82) is 0 Å². The van der Waals surface area contributed by atoms with Crippen LogP contribution in [0, 0.1) is 12.0 Å². The van der Waals surface area contributed by atoms with Gasteiger partial charge in [-0.05, 0) is 13.0 Å². The van der Waals surface area contributed by atoms with Crippen LogP contribution < -0.4 is 4.74 Å². The van der Waals surface area contributed by atoms with Gasteiger partial charge in [-0.3, -0.25) is 9.97 Å². The third-order valence-corrected chi connectivity index (χ3v) is 2.38. The Labute approximate surface area is 111 Å². The fourth-order valence-corrected chi connectivity index (χ4v) is 1.30. The van der Waals surface area contributed by atoms with Crippen molar-refractivity contribution in [3.05, 3.63) is 36.7 Å². The molecule has 2 rings (SSSR count). The molecule has 1 atom stereocenters. The maximum atomic E-state index is 13.7. The van der Waals surface area contributed by atoms with E-state index in [2.05, 4.69) is 25.9 Å². The summed E-state index contributed by atoms with van der Waals surface area (Å²) in [5, 5.41) is 0. The van der Waals surface area contributed by atoms with Crippen LogP contribution >= 0.6 is 0 Å². The summed E-state index contributed by atoms with van der Waals surface area (Å²) in [6.07, 6.45) is -0.527. The van der Waals surface area contributed by atoms with Crippen molar-refractivity contribution >= 4 is 0 Å². The van der Waals surface area contributed by atoms with E-state index in [0.29, 0.717) is 5.69 Å². The predicted molar refractivity (Wildman–Crippen MR) is 60.2 cm³/mol. The Hall–Kier alpha value is -2.25. The molecule has 0 aliphatic carbocycles. The number of hydrogen-bond donors (Lipinski definition) is 0. The molecule has 2 heterocycles. The van der Waals surface area contributed by atoms with Crippen molar-refractivity contribution in [2.75, 3.05) is 0 Å². The van der Waals surface area contributed by atoms with Gasteiger partial charge in [-0.15, -0.1) is 0 Å². The molecule has 8 heteroatoms. The molecule has 4 nitrogen and oxygen atoms in total. The molecule has 0 aliphatic rings. The number of pyridine rings is 1. The molecule has 0 amide bonds. The van der Waals surface area contributed by atoms with Crippen LogP contribution in [0.15, 0.2) is 24.7 Å². The monoisotopic (exact) mass is 286 g/mol. The Morgan fingerprint density at radius 2 is 2.00 bits per heavy atom. The van der Waals surface area contributed by atoms with E-state index in [4.69, 9.17) is 0 Å². The van der Waals surface area contributed by atoms with Crippen molar-refractivity contribution in [3.8, 4) is 17.1 Å². The zero-order valence-electron chi connectivity index (χ0n) is 10.1. The van der Waals surface area contributed by atoms with Crippen LogP contribution in [0.1, 0.15) is 6.92 Å². The van der Waals surface area contributed by atoms with Crippen LogP contribution in [-0.4, -0.2) is 27.2 Å². The van der Waals surface area contributed by atoms with Crippen LogP contribution in [0.25, 0.3) is 11.3 Å². The van der Waals surface area contributed by atoms with Crippen molar-refractivity contribution < 1.29 is 22.3 Å². The lowest BCUT2D eigenvalue weighted by molar-refractivity contribution is -0.190. The number of hydrogen-bond acceptors (Lipinski definition) is 4. The summed E-state index contributed by atoms with van der Waals surface area (Å²) in [5.74, 6) is -1.72. The van der Waals surface area contributed by atoms with E-state index in [1.165, 1.54) is 12.4 Å². The van der Waals surface area contributed by atoms with E-state index < -0.39 is 24.0 Å². The van der Waals surface area contributed by atoms with E-state index in [0.717, 1.165) is 19.2 Å². The summed E-state index contributed by atoms with van der Waals surface area (Å²) in [4.78, 5) is 11.1. The molecule has 2 aromatic heterocycles. The number of alkyl halides is 3. The highest BCUT2D eigenvalue weighted by atomic mass is 19.4. The molecule has 2 aromatic rings. The van der Waals surface area contributed by atoms with Gasteiger partial charge in [-0.1, -0.05) is 0 Å². The van der Waals surface area contributed by atoms with E-state index in [1.807, 2.05) is 0 Å². The van der Waals surface area contributed by atoms with E-state index in [1.54, 1.807) is 0 Å². The summed E-state index contributed by atoms with van der Waals surface area (Å²) in [5.41, 5.74) is 0.599. The van der Waals surface area contributed by atoms with Crippen molar-refractivity contribution in [2.45, 2.75) is 19.2 Å². The van der Waals surface area contributed by atoms with Crippen molar-refractivity contribution in [1.82, 2.24) is 15.0 Å². The summed E-state index contributed by atoms with van der Waals surface area (Å²) >= 11 is 0. The van der Waals surface area contributed by atoms with Crippen LogP contribution in [0.2, 0.25) is 0 Å². The lowest BCUT2D eigenvalue weighted by Gasteiger charge is -2.17. The quantitative estimate of drug-likeness (QED) is 0.814. The van der Waals surface area contributed by atoms with Crippen LogP contribution in [0.5, 0.6) is 5.88 Å². The number of rotatable bonds is 3. The lowest BCUT2D eigenvalue weighted by atomic mass is 10.2. The van der Waals surface area contributed by atoms with E-state index in [9.17, 15) is 17.6 Å². The SMILES string of the molecule is C[C@@H](Oc1ncc(-c2cn[c]cn2)cc1F)C(F)(F)F.